The number of ketones is 1. The second kappa shape index (κ2) is 9.32. The Bertz CT molecular complexity index is 1280. The van der Waals surface area contributed by atoms with Crippen LogP contribution < -0.4 is 0 Å². The van der Waals surface area contributed by atoms with Crippen LogP contribution in [0.2, 0.25) is 0 Å². The van der Waals surface area contributed by atoms with Gasteiger partial charge in [0.25, 0.3) is 0 Å². The third kappa shape index (κ3) is 4.82. The molecule has 8 nitrogen and oxygen atoms in total. The van der Waals surface area contributed by atoms with Crippen LogP contribution in [0.3, 0.4) is 0 Å². The molecule has 168 valence electrons. The van der Waals surface area contributed by atoms with Gasteiger partial charge in [0.15, 0.2) is 11.6 Å². The second-order valence-corrected chi connectivity index (χ2v) is 8.25. The molecule has 0 aliphatic rings. The van der Waals surface area contributed by atoms with E-state index in [1.165, 1.54) is 10.7 Å². The molecular formula is C24H24FN7O. The van der Waals surface area contributed by atoms with Crippen molar-refractivity contribution >= 4 is 5.78 Å². The molecule has 1 aromatic carbocycles. The Labute approximate surface area is 190 Å². The van der Waals surface area contributed by atoms with Gasteiger partial charge in [0.05, 0.1) is 28.3 Å². The molecule has 0 fully saturated rings. The molecule has 9 heteroatoms. The molecule has 0 aliphatic carbocycles. The maximum Gasteiger partial charge on any atom is 0.166 e. The van der Waals surface area contributed by atoms with Gasteiger partial charge in [-0.3, -0.25) is 19.7 Å². The maximum absolute atomic E-state index is 15.6. The first-order chi connectivity index (χ1) is 15.8. The molecule has 0 N–H and O–H groups in total. The quantitative estimate of drug-likeness (QED) is 0.393. The summed E-state index contributed by atoms with van der Waals surface area (Å²) in [4.78, 5) is 26.0. The molecule has 0 unspecified atom stereocenters. The number of halogens is 1. The predicted molar refractivity (Wildman–Crippen MR) is 121 cm³/mol. The summed E-state index contributed by atoms with van der Waals surface area (Å²) >= 11 is 0. The topological polar surface area (TPSA) is 99.3 Å². The summed E-state index contributed by atoms with van der Waals surface area (Å²) in [5.41, 5.74) is 3.54. The highest BCUT2D eigenvalue weighted by Gasteiger charge is 2.22. The standard InChI is InChI=1S/C24H24FN7O/c1-14(2)24-29-30-31-32(24)18-9-19(21-7-5-15(3)11-28-21)23(25)20(10-18)22(33)8-6-17-13-26-16(4)12-27-17/h5,7,9-14H,6,8H2,1-4H3. The van der Waals surface area contributed by atoms with E-state index in [1.54, 1.807) is 30.7 Å². The molecule has 0 amide bonds. The number of aromatic nitrogens is 7. The zero-order valence-corrected chi connectivity index (χ0v) is 18.9. The molecule has 0 spiro atoms. The van der Waals surface area contributed by atoms with E-state index in [0.717, 1.165) is 11.3 Å². The summed E-state index contributed by atoms with van der Waals surface area (Å²) in [7, 11) is 0. The third-order valence-electron chi connectivity index (χ3n) is 5.24. The van der Waals surface area contributed by atoms with E-state index < -0.39 is 5.82 Å². The number of benzene rings is 1. The van der Waals surface area contributed by atoms with Gasteiger partial charge in [-0.15, -0.1) is 5.10 Å². The summed E-state index contributed by atoms with van der Waals surface area (Å²) in [6.45, 7) is 7.67. The lowest BCUT2D eigenvalue weighted by Gasteiger charge is -2.13. The number of Topliss-reactive ketones (excluding diaryl/α,β-unsaturated/α-hetero) is 1. The average Bonchev–Trinajstić information content (AvgIpc) is 3.30. The molecule has 33 heavy (non-hydrogen) atoms. The molecule has 4 rings (SSSR count). The highest BCUT2D eigenvalue weighted by atomic mass is 19.1. The minimum Gasteiger partial charge on any atom is -0.294 e. The lowest BCUT2D eigenvalue weighted by atomic mass is 9.99. The Morgan fingerprint density at radius 2 is 1.88 bits per heavy atom. The Kier molecular flexibility index (Phi) is 6.30. The normalized spacial score (nSPS) is 11.2. The first kappa shape index (κ1) is 22.3. The Hall–Kier alpha value is -3.88. The van der Waals surface area contributed by atoms with Crippen molar-refractivity contribution in [3.05, 3.63) is 77.0 Å². The van der Waals surface area contributed by atoms with Gasteiger partial charge in [0.1, 0.15) is 5.82 Å². The van der Waals surface area contributed by atoms with Gasteiger partial charge in [-0.05, 0) is 54.5 Å². The molecule has 0 aliphatic heterocycles. The van der Waals surface area contributed by atoms with E-state index in [9.17, 15) is 4.79 Å². The van der Waals surface area contributed by atoms with Crippen LogP contribution in [0.5, 0.6) is 0 Å². The number of pyridine rings is 1. The number of aryl methyl sites for hydroxylation is 3. The van der Waals surface area contributed by atoms with Gasteiger partial charge in [-0.2, -0.15) is 4.68 Å². The van der Waals surface area contributed by atoms with Gasteiger partial charge >= 0.3 is 0 Å². The summed E-state index contributed by atoms with van der Waals surface area (Å²) in [5.74, 6) is -0.318. The fraction of sp³-hybridized carbons (Fsp3) is 0.292. The van der Waals surface area contributed by atoms with Gasteiger partial charge in [-0.25, -0.2) is 4.39 Å². The van der Waals surface area contributed by atoms with E-state index in [0.29, 0.717) is 29.3 Å². The molecule has 3 heterocycles. The molecule has 0 saturated heterocycles. The molecular weight excluding hydrogens is 421 g/mol. The third-order valence-corrected chi connectivity index (χ3v) is 5.24. The van der Waals surface area contributed by atoms with E-state index in [4.69, 9.17) is 0 Å². The van der Waals surface area contributed by atoms with Crippen molar-refractivity contribution in [2.45, 2.75) is 46.5 Å². The average molecular weight is 446 g/mol. The van der Waals surface area contributed by atoms with Crippen LogP contribution in [0, 0.1) is 19.7 Å². The number of rotatable bonds is 7. The highest BCUT2D eigenvalue weighted by Crippen LogP contribution is 2.29. The van der Waals surface area contributed by atoms with Crippen molar-refractivity contribution in [2.75, 3.05) is 0 Å². The second-order valence-electron chi connectivity index (χ2n) is 8.25. The number of hydrogen-bond donors (Lipinski definition) is 0. The Morgan fingerprint density at radius 3 is 2.55 bits per heavy atom. The minimum absolute atomic E-state index is 0.0323. The highest BCUT2D eigenvalue weighted by molar-refractivity contribution is 5.98. The molecule has 4 aromatic rings. The van der Waals surface area contributed by atoms with Crippen molar-refractivity contribution in [2.24, 2.45) is 0 Å². The lowest BCUT2D eigenvalue weighted by molar-refractivity contribution is 0.0978. The lowest BCUT2D eigenvalue weighted by Crippen LogP contribution is -2.11. The molecule has 0 atom stereocenters. The van der Waals surface area contributed by atoms with E-state index >= 15 is 4.39 Å². The number of carbonyl (C=O) groups excluding carboxylic acids is 1. The van der Waals surface area contributed by atoms with Crippen LogP contribution in [0.15, 0.2) is 42.9 Å². The van der Waals surface area contributed by atoms with Crippen molar-refractivity contribution in [3.8, 4) is 16.9 Å². The number of tetrazole rings is 1. The first-order valence-electron chi connectivity index (χ1n) is 10.7. The Balaban J connectivity index is 1.76. The molecule has 0 radical (unpaired) electrons. The number of nitrogens with zero attached hydrogens (tertiary/aromatic N) is 7. The van der Waals surface area contributed by atoms with E-state index in [2.05, 4.69) is 30.5 Å². The van der Waals surface area contributed by atoms with Crippen LogP contribution in [0.1, 0.15) is 59.3 Å². The summed E-state index contributed by atoms with van der Waals surface area (Å²) in [5, 5.41) is 11.9. The van der Waals surface area contributed by atoms with Crippen LogP contribution >= 0.6 is 0 Å². The van der Waals surface area contributed by atoms with Crippen LogP contribution in [-0.4, -0.2) is 40.9 Å². The van der Waals surface area contributed by atoms with Crippen LogP contribution in [0.4, 0.5) is 4.39 Å². The fourth-order valence-electron chi connectivity index (χ4n) is 3.41. The van der Waals surface area contributed by atoms with Gasteiger partial charge in [-0.1, -0.05) is 19.9 Å². The van der Waals surface area contributed by atoms with Gasteiger partial charge in [0, 0.05) is 36.5 Å². The zero-order chi connectivity index (χ0) is 23.5. The monoisotopic (exact) mass is 445 g/mol. The van der Waals surface area contributed by atoms with Crippen molar-refractivity contribution in [1.29, 1.82) is 0 Å². The predicted octanol–water partition coefficient (Wildman–Crippen LogP) is 4.21. The zero-order valence-electron chi connectivity index (χ0n) is 18.9. The summed E-state index contributed by atoms with van der Waals surface area (Å²) in [6, 6.07) is 6.70. The van der Waals surface area contributed by atoms with Crippen LogP contribution in [-0.2, 0) is 6.42 Å². The molecule has 3 aromatic heterocycles. The van der Waals surface area contributed by atoms with Crippen molar-refractivity contribution < 1.29 is 9.18 Å². The maximum atomic E-state index is 15.6. The molecule has 0 saturated carbocycles. The SMILES string of the molecule is Cc1ccc(-c2cc(-n3nnnc3C(C)C)cc(C(=O)CCc3cnc(C)cn3)c2F)nc1. The smallest absolute Gasteiger partial charge is 0.166 e. The van der Waals surface area contributed by atoms with Gasteiger partial charge in [0.2, 0.25) is 0 Å². The Morgan fingerprint density at radius 1 is 1.06 bits per heavy atom. The fourth-order valence-corrected chi connectivity index (χ4v) is 3.41. The molecule has 0 bridgehead atoms. The van der Waals surface area contributed by atoms with Crippen LogP contribution in [0.25, 0.3) is 16.9 Å². The number of hydrogen-bond acceptors (Lipinski definition) is 7. The first-order valence-corrected chi connectivity index (χ1v) is 10.7. The number of carbonyl (C=O) groups is 1. The van der Waals surface area contributed by atoms with Gasteiger partial charge < -0.3 is 0 Å². The van der Waals surface area contributed by atoms with E-state index in [1.807, 2.05) is 33.8 Å². The largest absolute Gasteiger partial charge is 0.294 e. The minimum atomic E-state index is -0.616. The van der Waals surface area contributed by atoms with Crippen molar-refractivity contribution in [3.63, 3.8) is 0 Å². The van der Waals surface area contributed by atoms with Crippen molar-refractivity contribution in [1.82, 2.24) is 35.2 Å². The van der Waals surface area contributed by atoms with E-state index in [-0.39, 0.29) is 29.2 Å². The summed E-state index contributed by atoms with van der Waals surface area (Å²) < 4.78 is 17.2. The summed E-state index contributed by atoms with van der Waals surface area (Å²) in [6.07, 6.45) is 5.39.